The lowest BCUT2D eigenvalue weighted by Crippen LogP contribution is -1.96. The summed E-state index contributed by atoms with van der Waals surface area (Å²) in [6, 6.07) is 178. The van der Waals surface area contributed by atoms with Crippen molar-refractivity contribution in [2.75, 3.05) is 0 Å². The van der Waals surface area contributed by atoms with Crippen LogP contribution in [0.5, 0.6) is 0 Å². The molecule has 0 radical (unpaired) electrons. The smallest absolute Gasteiger partial charge is 0.0562 e. The normalized spacial score (nSPS) is 11.6. The van der Waals surface area contributed by atoms with Gasteiger partial charge in [0.1, 0.15) is 0 Å². The van der Waals surface area contributed by atoms with Gasteiger partial charge in [-0.1, -0.05) is 328 Å². The molecule has 0 aliphatic rings. The molecule has 7 heteroatoms. The molecule has 7 aromatic heterocycles. The molecule has 0 amide bonds. The highest BCUT2D eigenvalue weighted by Crippen LogP contribution is 2.46. The third-order valence-corrected chi connectivity index (χ3v) is 26.6. The molecule has 0 atom stereocenters. The van der Waals surface area contributed by atoms with Gasteiger partial charge in [-0.05, 0) is 231 Å². The molecule has 27 aromatic rings. The number of aromatic nitrogens is 7. The number of fused-ring (bicyclic) bond motifs is 18. The number of para-hydroxylation sites is 7. The Kier molecular flexibility index (Phi) is 18.8. The Labute approximate surface area is 762 Å². The molecule has 132 heavy (non-hydrogen) atoms. The van der Waals surface area contributed by atoms with Gasteiger partial charge in [0, 0.05) is 111 Å². The van der Waals surface area contributed by atoms with Gasteiger partial charge < -0.3 is 27.4 Å². The second kappa shape index (κ2) is 32.3. The summed E-state index contributed by atoms with van der Waals surface area (Å²) in [6.07, 6.45) is 3.72. The molecular weight excluding hydrogens is 1600 g/mol. The Hall–Kier alpha value is -17.7. The lowest BCUT2D eigenvalue weighted by atomic mass is 9.93. The zero-order chi connectivity index (χ0) is 87.1. The number of hydrogen-bond acceptors (Lipinski definition) is 1. The first kappa shape index (κ1) is 76.8. The molecule has 20 aromatic carbocycles. The van der Waals surface area contributed by atoms with Crippen LogP contribution in [-0.2, 0) is 0 Å². The third-order valence-electron chi connectivity index (χ3n) is 26.6. The third kappa shape index (κ3) is 13.2. The summed E-state index contributed by atoms with van der Waals surface area (Å²) in [6.45, 7) is 0. The quantitative estimate of drug-likeness (QED) is 0.120. The topological polar surface area (TPSA) is 42.5 Å². The first-order chi connectivity index (χ1) is 65.5. The van der Waals surface area contributed by atoms with Crippen LogP contribution in [0.2, 0.25) is 0 Å². The first-order valence-corrected chi connectivity index (χ1v) is 45.2. The van der Waals surface area contributed by atoms with E-state index in [0.29, 0.717) is 0 Å². The average Bonchev–Trinajstić information content (AvgIpc) is 1.57. The van der Waals surface area contributed by atoms with Crippen molar-refractivity contribution in [1.29, 1.82) is 0 Å². The Morgan fingerprint density at radius 2 is 0.303 bits per heavy atom. The second-order valence-corrected chi connectivity index (χ2v) is 34.1. The molecule has 0 fully saturated rings. The molecule has 7 nitrogen and oxygen atoms in total. The molecule has 618 valence electrons. The average molecular weight is 1680 g/mol. The van der Waals surface area contributed by atoms with Crippen molar-refractivity contribution in [3.05, 3.63) is 504 Å². The van der Waals surface area contributed by atoms with Crippen LogP contribution < -0.4 is 0 Å². The van der Waals surface area contributed by atoms with Gasteiger partial charge in [-0.15, -0.1) is 0 Å². The van der Waals surface area contributed by atoms with Crippen molar-refractivity contribution in [3.63, 3.8) is 0 Å². The van der Waals surface area contributed by atoms with Gasteiger partial charge in [0.2, 0.25) is 0 Å². The van der Waals surface area contributed by atoms with E-state index in [9.17, 15) is 0 Å². The molecular formula is C125H83N7. The highest BCUT2D eigenvalue weighted by Gasteiger charge is 2.24. The minimum atomic E-state index is 1.11. The predicted octanol–water partition coefficient (Wildman–Crippen LogP) is 33.0. The molecule has 0 saturated carbocycles. The molecule has 0 spiro atoms. The van der Waals surface area contributed by atoms with E-state index >= 15 is 0 Å². The van der Waals surface area contributed by atoms with Gasteiger partial charge in [0.25, 0.3) is 0 Å². The van der Waals surface area contributed by atoms with Gasteiger partial charge >= 0.3 is 0 Å². The summed E-state index contributed by atoms with van der Waals surface area (Å²) in [7, 11) is 0. The monoisotopic (exact) mass is 1680 g/mol. The molecule has 27 rings (SSSR count). The molecule has 0 aliphatic carbocycles. The lowest BCUT2D eigenvalue weighted by molar-refractivity contribution is 1.15. The summed E-state index contributed by atoms with van der Waals surface area (Å²) in [4.78, 5) is 4.26. The van der Waals surface area contributed by atoms with Crippen LogP contribution >= 0.6 is 0 Å². The second-order valence-electron chi connectivity index (χ2n) is 34.1. The van der Waals surface area contributed by atoms with E-state index in [2.05, 4.69) is 524 Å². The van der Waals surface area contributed by atoms with Crippen molar-refractivity contribution in [1.82, 2.24) is 32.4 Å². The maximum Gasteiger partial charge on any atom is 0.0562 e. The van der Waals surface area contributed by atoms with Gasteiger partial charge in [-0.2, -0.15) is 0 Å². The largest absolute Gasteiger partial charge is 0.309 e. The van der Waals surface area contributed by atoms with Gasteiger partial charge in [0.05, 0.1) is 66.2 Å². The maximum absolute atomic E-state index is 4.26. The number of hydrogen-bond donors (Lipinski definition) is 0. The number of pyridine rings is 1. The van der Waals surface area contributed by atoms with E-state index in [4.69, 9.17) is 0 Å². The fourth-order valence-corrected chi connectivity index (χ4v) is 20.5. The fraction of sp³-hybridized carbons (Fsp3) is 0. The summed E-state index contributed by atoms with van der Waals surface area (Å²) in [5, 5.41) is 15.1. The van der Waals surface area contributed by atoms with Crippen molar-refractivity contribution in [2.24, 2.45) is 0 Å². The molecule has 0 bridgehead atoms. The lowest BCUT2D eigenvalue weighted by Gasteiger charge is -2.13. The van der Waals surface area contributed by atoms with E-state index in [1.165, 1.54) is 198 Å². The SMILES string of the molecule is c1ccc(-c2cc(-c3ccccc3)cc(-c3ccc(-n4c5ccccc5c5cc6c7ccccc7n(-c7ccccc7)c6cc54)cc3)c2)cc1.c1ccc(-c2ccc(-n3c4ccccc4c4cc5c6ccccc6n(-c6cccc(-c7ccccc7)c6)c5cc43)cc2)cc1.c1ccc(-c2ccc(-n3c4ccccc4c4cc5c6ccccc6n(-c6ccncc6)c5cc43)cc2)cc1. The Morgan fingerprint density at radius 1 is 0.106 bits per heavy atom. The van der Waals surface area contributed by atoms with E-state index in [1.54, 1.807) is 0 Å². The van der Waals surface area contributed by atoms with Gasteiger partial charge in [-0.3, -0.25) is 4.98 Å². The minimum absolute atomic E-state index is 1.11. The summed E-state index contributed by atoms with van der Waals surface area (Å²) in [5.74, 6) is 0. The van der Waals surface area contributed by atoms with Crippen molar-refractivity contribution in [2.45, 2.75) is 0 Å². The predicted molar refractivity (Wildman–Crippen MR) is 556 cm³/mol. The Bertz CT molecular complexity index is 9000. The molecule has 0 unspecified atom stereocenters. The zero-order valence-corrected chi connectivity index (χ0v) is 72.1. The molecule has 7 heterocycles. The van der Waals surface area contributed by atoms with E-state index < -0.39 is 0 Å². The number of benzene rings is 20. The van der Waals surface area contributed by atoms with Crippen LogP contribution in [0.15, 0.2) is 504 Å². The van der Waals surface area contributed by atoms with Crippen LogP contribution in [0.25, 0.3) is 232 Å². The fourth-order valence-electron chi connectivity index (χ4n) is 20.5. The number of nitrogens with zero attached hydrogens (tertiary/aromatic N) is 7. The van der Waals surface area contributed by atoms with Crippen LogP contribution in [0, 0.1) is 0 Å². The van der Waals surface area contributed by atoms with Gasteiger partial charge in [0.15, 0.2) is 0 Å². The number of rotatable bonds is 12. The molecule has 0 N–H and O–H groups in total. The van der Waals surface area contributed by atoms with E-state index in [-0.39, 0.29) is 0 Å². The van der Waals surface area contributed by atoms with Crippen LogP contribution in [0.1, 0.15) is 0 Å². The van der Waals surface area contributed by atoms with E-state index in [1.807, 2.05) is 12.4 Å². The highest BCUT2D eigenvalue weighted by atomic mass is 15.0. The molecule has 0 aliphatic heterocycles. The highest BCUT2D eigenvalue weighted by molar-refractivity contribution is 6.23. The van der Waals surface area contributed by atoms with Crippen molar-refractivity contribution < 1.29 is 0 Å². The maximum atomic E-state index is 4.26. The van der Waals surface area contributed by atoms with Crippen molar-refractivity contribution in [3.8, 4) is 101 Å². The van der Waals surface area contributed by atoms with Crippen LogP contribution in [-0.4, -0.2) is 32.4 Å². The Morgan fingerprint density at radius 3 is 0.591 bits per heavy atom. The van der Waals surface area contributed by atoms with Crippen molar-refractivity contribution >= 4 is 131 Å². The zero-order valence-electron chi connectivity index (χ0n) is 72.1. The first-order valence-electron chi connectivity index (χ1n) is 45.2. The van der Waals surface area contributed by atoms with Crippen LogP contribution in [0.3, 0.4) is 0 Å². The summed E-state index contributed by atoms with van der Waals surface area (Å²) < 4.78 is 14.4. The Balaban J connectivity index is 0.000000107. The summed E-state index contributed by atoms with van der Waals surface area (Å²) >= 11 is 0. The standard InChI is InChI=1S/C48H32N2.C42H28N2.C35H23N3/c1-4-14-33(15-5-1)36-28-37(34-16-6-2-7-17-34)30-38(29-36)35-24-26-40(27-25-35)50-46-23-13-11-21-42(46)44-31-43-41-20-10-12-22-45(41)49(47(43)32-48(44)50)39-18-8-3-9-19-39;1-3-12-29(13-4-1)31-22-24-33(25-23-31)43-39-20-9-7-18-35(39)37-27-38-36-19-8-10-21-40(36)44(42(38)28-41(37)43)34-17-11-16-32(26-34)30-14-5-2-6-15-30;1-2-8-24(9-3-1)25-14-16-26(17-15-25)37-32-12-6-4-10-28(32)30-22-31-29-11-5-7-13-33(29)38(35(31)23-34(30)37)27-18-20-36-21-19-27/h1-32H;1-28H;1-23H. The van der Waals surface area contributed by atoms with Gasteiger partial charge in [-0.25, -0.2) is 0 Å². The van der Waals surface area contributed by atoms with Crippen LogP contribution in [0.4, 0.5) is 0 Å². The molecule has 0 saturated heterocycles. The van der Waals surface area contributed by atoms with E-state index in [0.717, 1.165) is 34.1 Å². The summed E-state index contributed by atoms with van der Waals surface area (Å²) in [5.41, 5.74) is 35.9. The minimum Gasteiger partial charge on any atom is -0.309 e.